The van der Waals surface area contributed by atoms with Crippen LogP contribution in [0.15, 0.2) is 72.8 Å². The van der Waals surface area contributed by atoms with Crippen LogP contribution >= 0.6 is 11.6 Å². The van der Waals surface area contributed by atoms with Gasteiger partial charge in [-0.3, -0.25) is 4.79 Å². The number of fused-ring (bicyclic) bond motifs is 1. The fraction of sp³-hybridized carbons (Fsp3) is 0.0833. The average molecular weight is 420 g/mol. The summed E-state index contributed by atoms with van der Waals surface area (Å²) in [6.45, 7) is 1.97. The van der Waals surface area contributed by atoms with Crippen LogP contribution in [0.1, 0.15) is 21.6 Å². The number of nitrogens with one attached hydrogen (secondary N) is 1. The maximum absolute atomic E-state index is 13.1. The van der Waals surface area contributed by atoms with E-state index >= 15 is 0 Å². The van der Waals surface area contributed by atoms with E-state index in [2.05, 4.69) is 4.98 Å². The number of carbonyl (C=O) groups excluding carboxylic acids is 2. The van der Waals surface area contributed by atoms with Gasteiger partial charge in [-0.25, -0.2) is 4.79 Å². The fourth-order valence-electron chi connectivity index (χ4n) is 3.27. The average Bonchev–Trinajstić information content (AvgIpc) is 3.13. The Labute approximate surface area is 178 Å². The van der Waals surface area contributed by atoms with Crippen molar-refractivity contribution >= 4 is 34.3 Å². The molecule has 0 fully saturated rings. The van der Waals surface area contributed by atoms with E-state index in [1.165, 1.54) is 0 Å². The van der Waals surface area contributed by atoms with Crippen molar-refractivity contribution in [1.29, 1.82) is 0 Å². The molecule has 0 spiro atoms. The summed E-state index contributed by atoms with van der Waals surface area (Å²) in [5.74, 6) is -0.765. The number of rotatable bonds is 6. The van der Waals surface area contributed by atoms with Gasteiger partial charge in [0.2, 0.25) is 0 Å². The van der Waals surface area contributed by atoms with E-state index in [1.54, 1.807) is 54.6 Å². The summed E-state index contributed by atoms with van der Waals surface area (Å²) in [6, 6.07) is 21.0. The lowest BCUT2D eigenvalue weighted by Gasteiger charge is -2.08. The molecule has 1 heterocycles. The van der Waals surface area contributed by atoms with Gasteiger partial charge in [0.1, 0.15) is 18.1 Å². The Balaban J connectivity index is 1.67. The minimum atomic E-state index is -0.946. The summed E-state index contributed by atoms with van der Waals surface area (Å²) in [5.41, 5.74) is 2.39. The molecule has 150 valence electrons. The highest BCUT2D eigenvalue weighted by atomic mass is 35.5. The van der Waals surface area contributed by atoms with Crippen LogP contribution in [0, 0.1) is 6.92 Å². The van der Waals surface area contributed by atoms with Gasteiger partial charge in [0.05, 0.1) is 11.3 Å². The summed E-state index contributed by atoms with van der Waals surface area (Å²) < 4.78 is 11.1. The van der Waals surface area contributed by atoms with Crippen LogP contribution in [-0.4, -0.2) is 16.7 Å². The van der Waals surface area contributed by atoms with Gasteiger partial charge in [-0.15, -0.1) is 0 Å². The molecule has 0 aliphatic carbocycles. The first-order valence-electron chi connectivity index (χ1n) is 9.33. The number of Topliss-reactive ketones (excluding diaryl/α,β-unsaturated/α-hetero) is 1. The van der Waals surface area contributed by atoms with E-state index in [4.69, 9.17) is 21.1 Å². The lowest BCUT2D eigenvalue weighted by atomic mass is 10.0. The molecule has 5 nitrogen and oxygen atoms in total. The lowest BCUT2D eigenvalue weighted by molar-refractivity contribution is -0.129. The van der Waals surface area contributed by atoms with Crippen molar-refractivity contribution in [3.05, 3.63) is 94.6 Å². The molecule has 0 aliphatic heterocycles. The second-order valence-electron chi connectivity index (χ2n) is 6.75. The topological polar surface area (TPSA) is 68.4 Å². The first-order valence-corrected chi connectivity index (χ1v) is 9.71. The van der Waals surface area contributed by atoms with E-state index in [1.807, 2.05) is 25.1 Å². The van der Waals surface area contributed by atoms with Crippen molar-refractivity contribution in [2.75, 3.05) is 0 Å². The molecule has 0 aliphatic rings. The Morgan fingerprint density at radius 1 is 0.900 bits per heavy atom. The number of hydrogen-bond acceptors (Lipinski definition) is 4. The van der Waals surface area contributed by atoms with Gasteiger partial charge in [-0.2, -0.15) is 0 Å². The molecule has 1 aromatic heterocycles. The van der Waals surface area contributed by atoms with E-state index in [-0.39, 0.29) is 12.2 Å². The predicted octanol–water partition coefficient (Wildman–Crippen LogP) is 5.50. The molecule has 4 aromatic rings. The van der Waals surface area contributed by atoms with E-state index in [0.717, 1.165) is 11.1 Å². The van der Waals surface area contributed by atoms with E-state index in [0.29, 0.717) is 27.6 Å². The van der Waals surface area contributed by atoms with Crippen molar-refractivity contribution in [2.24, 2.45) is 0 Å². The Morgan fingerprint density at radius 3 is 2.37 bits per heavy atom. The summed E-state index contributed by atoms with van der Waals surface area (Å²) in [6.07, 6.45) is 0. The molecule has 30 heavy (non-hydrogen) atoms. The van der Waals surface area contributed by atoms with Gasteiger partial charge in [-0.1, -0.05) is 41.9 Å². The molecular formula is C24H18ClNO4. The highest BCUT2D eigenvalue weighted by Gasteiger charge is 2.27. The van der Waals surface area contributed by atoms with Crippen molar-refractivity contribution in [3.8, 4) is 11.5 Å². The molecule has 0 saturated carbocycles. The van der Waals surface area contributed by atoms with Crippen LogP contribution in [0.25, 0.3) is 10.9 Å². The summed E-state index contributed by atoms with van der Waals surface area (Å²) in [7, 11) is 0. The number of carbonyl (C=O) groups is 2. The van der Waals surface area contributed by atoms with Gasteiger partial charge in [0, 0.05) is 15.9 Å². The molecule has 6 heteroatoms. The third-order valence-corrected chi connectivity index (χ3v) is 4.93. The molecule has 0 radical (unpaired) electrons. The molecule has 3 aromatic carbocycles. The van der Waals surface area contributed by atoms with Crippen LogP contribution < -0.4 is 9.47 Å². The third-order valence-electron chi connectivity index (χ3n) is 4.67. The number of benzene rings is 3. The van der Waals surface area contributed by atoms with Crippen LogP contribution in [0.5, 0.6) is 11.5 Å². The molecule has 0 amide bonds. The molecular weight excluding hydrogens is 402 g/mol. The SMILES string of the molecule is Cc1cccc2[nH]c(COc3ccc(Cl)cc3)c(C(=O)C(=O)Oc3ccccc3)c12. The smallest absolute Gasteiger partial charge is 0.385 e. The number of ether oxygens (including phenoxy) is 2. The fourth-order valence-corrected chi connectivity index (χ4v) is 3.39. The number of hydrogen-bond donors (Lipinski definition) is 1. The first kappa shape index (κ1) is 19.7. The zero-order valence-electron chi connectivity index (χ0n) is 16.1. The summed E-state index contributed by atoms with van der Waals surface area (Å²) in [4.78, 5) is 28.9. The predicted molar refractivity (Wildman–Crippen MR) is 115 cm³/mol. The summed E-state index contributed by atoms with van der Waals surface area (Å²) in [5, 5.41) is 1.28. The number of H-pyrrole nitrogens is 1. The number of aromatic nitrogens is 1. The highest BCUT2D eigenvalue weighted by Crippen LogP contribution is 2.28. The quantitative estimate of drug-likeness (QED) is 0.194. The van der Waals surface area contributed by atoms with Gasteiger partial charge in [-0.05, 0) is 55.0 Å². The first-order chi connectivity index (χ1) is 14.5. The van der Waals surface area contributed by atoms with Gasteiger partial charge >= 0.3 is 5.97 Å². The second-order valence-corrected chi connectivity index (χ2v) is 7.19. The number of aryl methyl sites for hydroxylation is 1. The van der Waals surface area contributed by atoms with Gasteiger partial charge in [0.25, 0.3) is 5.78 Å². The highest BCUT2D eigenvalue weighted by molar-refractivity contribution is 6.44. The largest absolute Gasteiger partial charge is 0.487 e. The Bertz CT molecular complexity index is 1210. The molecule has 0 atom stereocenters. The van der Waals surface area contributed by atoms with Crippen molar-refractivity contribution in [2.45, 2.75) is 13.5 Å². The number of esters is 1. The van der Waals surface area contributed by atoms with Crippen LogP contribution in [0.4, 0.5) is 0 Å². The maximum atomic E-state index is 13.1. The normalized spacial score (nSPS) is 10.7. The van der Waals surface area contributed by atoms with Crippen molar-refractivity contribution in [1.82, 2.24) is 4.98 Å². The Morgan fingerprint density at radius 2 is 1.63 bits per heavy atom. The molecule has 4 rings (SSSR count). The van der Waals surface area contributed by atoms with E-state index < -0.39 is 11.8 Å². The zero-order chi connectivity index (χ0) is 21.1. The monoisotopic (exact) mass is 419 g/mol. The minimum absolute atomic E-state index is 0.0788. The van der Waals surface area contributed by atoms with Crippen LogP contribution in [0.3, 0.4) is 0 Å². The molecule has 0 unspecified atom stereocenters. The molecule has 0 saturated heterocycles. The van der Waals surface area contributed by atoms with Gasteiger partial charge in [0.15, 0.2) is 0 Å². The summed E-state index contributed by atoms with van der Waals surface area (Å²) >= 11 is 5.91. The number of aromatic amines is 1. The standard InChI is InChI=1S/C24H18ClNO4/c1-15-6-5-9-19-21(15)22(23(27)24(28)30-18-7-3-2-4-8-18)20(26-19)14-29-17-12-10-16(25)11-13-17/h2-13,26H,14H2,1H3. The number of para-hydroxylation sites is 1. The Kier molecular flexibility index (Phi) is 5.55. The maximum Gasteiger partial charge on any atom is 0.385 e. The van der Waals surface area contributed by atoms with Crippen molar-refractivity contribution in [3.63, 3.8) is 0 Å². The molecule has 1 N–H and O–H groups in total. The Hall–Kier alpha value is -3.57. The minimum Gasteiger partial charge on any atom is -0.487 e. The molecule has 0 bridgehead atoms. The third kappa shape index (κ3) is 4.07. The number of ketones is 1. The zero-order valence-corrected chi connectivity index (χ0v) is 16.9. The lowest BCUT2D eigenvalue weighted by Crippen LogP contribution is -2.22. The number of halogens is 1. The van der Waals surface area contributed by atoms with Crippen LogP contribution in [-0.2, 0) is 11.4 Å². The van der Waals surface area contributed by atoms with Gasteiger partial charge < -0.3 is 14.5 Å². The van der Waals surface area contributed by atoms with Crippen LogP contribution in [0.2, 0.25) is 5.02 Å². The van der Waals surface area contributed by atoms with Crippen molar-refractivity contribution < 1.29 is 19.1 Å². The second kappa shape index (κ2) is 8.43. The van der Waals surface area contributed by atoms with E-state index in [9.17, 15) is 9.59 Å².